The van der Waals surface area contributed by atoms with Crippen LogP contribution in [-0.4, -0.2) is 17.1 Å². The van der Waals surface area contributed by atoms with E-state index < -0.39 is 0 Å². The topological polar surface area (TPSA) is 66.4 Å². The Hall–Kier alpha value is -2.51. The summed E-state index contributed by atoms with van der Waals surface area (Å²) in [5.41, 5.74) is 4.68. The van der Waals surface area contributed by atoms with Crippen molar-refractivity contribution in [2.75, 3.05) is 10.7 Å². The minimum Gasteiger partial charge on any atom is -0.316 e. The van der Waals surface area contributed by atoms with E-state index in [1.165, 1.54) is 18.3 Å². The first-order chi connectivity index (χ1) is 11.2. The number of rotatable bonds is 5. The first kappa shape index (κ1) is 15.4. The third kappa shape index (κ3) is 4.02. The second kappa shape index (κ2) is 7.17. The van der Waals surface area contributed by atoms with Crippen molar-refractivity contribution in [2.24, 2.45) is 5.10 Å². The lowest BCUT2D eigenvalue weighted by Gasteiger charge is -1.99. The predicted molar refractivity (Wildman–Crippen MR) is 97.4 cm³/mol. The maximum atomic E-state index is 11.4. The Morgan fingerprint density at radius 3 is 2.74 bits per heavy atom. The van der Waals surface area contributed by atoms with Gasteiger partial charge in [-0.15, -0.1) is 11.3 Å². The van der Waals surface area contributed by atoms with E-state index in [0.29, 0.717) is 5.13 Å². The van der Waals surface area contributed by atoms with E-state index in [4.69, 9.17) is 0 Å². The largest absolute Gasteiger partial charge is 0.316 e. The third-order valence-corrected chi connectivity index (χ3v) is 4.60. The van der Waals surface area contributed by atoms with Crippen LogP contribution < -0.4 is 10.7 Å². The Labute approximate surface area is 141 Å². The van der Waals surface area contributed by atoms with E-state index >= 15 is 0 Å². The number of carbonyl (C=O) groups is 1. The predicted octanol–water partition coefficient (Wildman–Crippen LogP) is 4.28. The molecule has 1 aromatic carbocycles. The highest BCUT2D eigenvalue weighted by atomic mass is 32.1. The van der Waals surface area contributed by atoms with Crippen LogP contribution in [0.4, 0.5) is 10.1 Å². The Kier molecular flexibility index (Phi) is 4.80. The summed E-state index contributed by atoms with van der Waals surface area (Å²) in [7, 11) is 0. The molecule has 0 saturated heterocycles. The molecule has 5 nitrogen and oxygen atoms in total. The Balaban J connectivity index is 1.80. The quantitative estimate of drug-likeness (QED) is 0.537. The number of thiophene rings is 1. The minimum atomic E-state index is -0.120. The molecule has 2 N–H and O–H groups in total. The van der Waals surface area contributed by atoms with E-state index in [2.05, 4.69) is 20.8 Å². The number of hydrazone groups is 1. The molecule has 0 unspecified atom stereocenters. The molecule has 0 bridgehead atoms. The van der Waals surface area contributed by atoms with Crippen molar-refractivity contribution >= 4 is 44.9 Å². The lowest BCUT2D eigenvalue weighted by Crippen LogP contribution is -2.04. The van der Waals surface area contributed by atoms with Crippen molar-refractivity contribution in [2.45, 2.75) is 6.92 Å². The molecule has 0 aliphatic heterocycles. The number of carbonyl (C=O) groups excluding carboxylic acids is 1. The zero-order chi connectivity index (χ0) is 16.1. The van der Waals surface area contributed by atoms with Crippen molar-refractivity contribution in [3.63, 3.8) is 0 Å². The van der Waals surface area contributed by atoms with Gasteiger partial charge in [0.2, 0.25) is 11.0 Å². The van der Waals surface area contributed by atoms with Crippen LogP contribution in [0.2, 0.25) is 0 Å². The Morgan fingerprint density at radius 1 is 1.22 bits per heavy atom. The summed E-state index contributed by atoms with van der Waals surface area (Å²) in [6.07, 6.45) is 1.73. The normalized spacial score (nSPS) is 10.8. The first-order valence-corrected chi connectivity index (χ1v) is 8.58. The second-order valence-corrected chi connectivity index (χ2v) is 6.58. The monoisotopic (exact) mass is 342 g/mol. The van der Waals surface area contributed by atoms with Gasteiger partial charge in [-0.2, -0.15) is 5.10 Å². The zero-order valence-corrected chi connectivity index (χ0v) is 13.9. The van der Waals surface area contributed by atoms with Crippen LogP contribution in [0.1, 0.15) is 12.5 Å². The summed E-state index contributed by atoms with van der Waals surface area (Å²) in [6.45, 7) is 1.48. The highest BCUT2D eigenvalue weighted by Crippen LogP contribution is 2.37. The maximum absolute atomic E-state index is 11.4. The van der Waals surface area contributed by atoms with E-state index in [-0.39, 0.29) is 5.91 Å². The molecule has 116 valence electrons. The standard InChI is InChI=1S/C16H14N4OS2/c1-11(21)18-15-14(13-8-5-9-22-13)19-16(23-15)20-17-10-12-6-3-2-4-7-12/h2-10H,1H3,(H,18,21)(H,19,20)/b17-10-. The number of hydrogen-bond acceptors (Lipinski definition) is 6. The maximum Gasteiger partial charge on any atom is 0.221 e. The molecule has 0 atom stereocenters. The van der Waals surface area contributed by atoms with Crippen molar-refractivity contribution in [3.8, 4) is 10.6 Å². The highest BCUT2D eigenvalue weighted by molar-refractivity contribution is 7.21. The van der Waals surface area contributed by atoms with Gasteiger partial charge in [-0.25, -0.2) is 4.98 Å². The number of aromatic nitrogens is 1. The molecule has 0 aliphatic carbocycles. The van der Waals surface area contributed by atoms with E-state index in [9.17, 15) is 4.79 Å². The van der Waals surface area contributed by atoms with Crippen LogP contribution in [0.25, 0.3) is 10.6 Å². The molecule has 2 heterocycles. The van der Waals surface area contributed by atoms with Crippen LogP contribution in [-0.2, 0) is 4.79 Å². The average Bonchev–Trinajstić information content (AvgIpc) is 3.17. The molecule has 3 rings (SSSR count). The van der Waals surface area contributed by atoms with Gasteiger partial charge in [0, 0.05) is 6.92 Å². The number of nitrogens with one attached hydrogen (secondary N) is 2. The van der Waals surface area contributed by atoms with Gasteiger partial charge in [-0.05, 0) is 17.0 Å². The van der Waals surface area contributed by atoms with Crippen molar-refractivity contribution in [3.05, 3.63) is 53.4 Å². The molecular weight excluding hydrogens is 328 g/mol. The van der Waals surface area contributed by atoms with Gasteiger partial charge in [0.05, 0.1) is 11.1 Å². The Morgan fingerprint density at radius 2 is 2.04 bits per heavy atom. The summed E-state index contributed by atoms with van der Waals surface area (Å²) in [5.74, 6) is -0.120. The van der Waals surface area contributed by atoms with Gasteiger partial charge < -0.3 is 5.32 Å². The van der Waals surface area contributed by atoms with Gasteiger partial charge in [0.25, 0.3) is 0 Å². The molecule has 0 radical (unpaired) electrons. The fourth-order valence-corrected chi connectivity index (χ4v) is 3.55. The van der Waals surface area contributed by atoms with Crippen molar-refractivity contribution < 1.29 is 4.79 Å². The number of anilines is 2. The summed E-state index contributed by atoms with van der Waals surface area (Å²) < 4.78 is 0. The summed E-state index contributed by atoms with van der Waals surface area (Å²) in [6, 6.07) is 13.7. The molecule has 0 aliphatic rings. The van der Waals surface area contributed by atoms with Crippen molar-refractivity contribution in [1.29, 1.82) is 0 Å². The average molecular weight is 342 g/mol. The fraction of sp³-hybridized carbons (Fsp3) is 0.0625. The lowest BCUT2D eigenvalue weighted by atomic mass is 10.2. The van der Waals surface area contributed by atoms with E-state index in [1.807, 2.05) is 47.8 Å². The molecule has 1 amide bonds. The highest BCUT2D eigenvalue weighted by Gasteiger charge is 2.14. The lowest BCUT2D eigenvalue weighted by molar-refractivity contribution is -0.114. The molecule has 7 heteroatoms. The van der Waals surface area contributed by atoms with Gasteiger partial charge >= 0.3 is 0 Å². The molecular formula is C16H14N4OS2. The summed E-state index contributed by atoms with van der Waals surface area (Å²) >= 11 is 2.94. The smallest absolute Gasteiger partial charge is 0.221 e. The van der Waals surface area contributed by atoms with E-state index in [1.54, 1.807) is 17.6 Å². The van der Waals surface area contributed by atoms with Crippen LogP contribution in [0.3, 0.4) is 0 Å². The second-order valence-electron chi connectivity index (χ2n) is 4.64. The number of nitrogens with zero attached hydrogens (tertiary/aromatic N) is 2. The van der Waals surface area contributed by atoms with Crippen molar-refractivity contribution in [1.82, 2.24) is 4.98 Å². The van der Waals surface area contributed by atoms with Crippen LogP contribution in [0.15, 0.2) is 52.9 Å². The SMILES string of the molecule is CC(=O)Nc1sc(N/N=C\c2ccccc2)nc1-c1cccs1. The molecule has 0 saturated carbocycles. The molecule has 23 heavy (non-hydrogen) atoms. The number of amides is 1. The van der Waals surface area contributed by atoms with Gasteiger partial charge in [-0.1, -0.05) is 47.7 Å². The molecule has 0 fully saturated rings. The van der Waals surface area contributed by atoms with Gasteiger partial charge in [0.1, 0.15) is 10.7 Å². The third-order valence-electron chi connectivity index (χ3n) is 2.84. The summed E-state index contributed by atoms with van der Waals surface area (Å²) in [5, 5.41) is 10.3. The molecule has 2 aromatic heterocycles. The number of hydrogen-bond donors (Lipinski definition) is 2. The number of thiazole rings is 1. The van der Waals surface area contributed by atoms with Crippen LogP contribution >= 0.6 is 22.7 Å². The van der Waals surface area contributed by atoms with E-state index in [0.717, 1.165) is 21.1 Å². The van der Waals surface area contributed by atoms with Gasteiger partial charge in [-0.3, -0.25) is 10.2 Å². The molecule has 0 spiro atoms. The van der Waals surface area contributed by atoms with Crippen LogP contribution in [0, 0.1) is 0 Å². The van der Waals surface area contributed by atoms with Crippen LogP contribution in [0.5, 0.6) is 0 Å². The number of benzene rings is 1. The van der Waals surface area contributed by atoms with Gasteiger partial charge in [0.15, 0.2) is 0 Å². The summed E-state index contributed by atoms with van der Waals surface area (Å²) in [4.78, 5) is 16.9. The minimum absolute atomic E-state index is 0.120. The zero-order valence-electron chi connectivity index (χ0n) is 12.3. The first-order valence-electron chi connectivity index (χ1n) is 6.89. The Bertz CT molecular complexity index is 810. The molecule has 3 aromatic rings. The fourth-order valence-electron chi connectivity index (χ4n) is 1.89.